The van der Waals surface area contributed by atoms with Crippen molar-refractivity contribution in [3.05, 3.63) is 70.9 Å². The summed E-state index contributed by atoms with van der Waals surface area (Å²) in [7, 11) is 0. The van der Waals surface area contributed by atoms with Crippen LogP contribution in [0, 0.1) is 0 Å². The van der Waals surface area contributed by atoms with Crippen LogP contribution in [0.2, 0.25) is 5.02 Å². The lowest BCUT2D eigenvalue weighted by atomic mass is 10.1. The Kier molecular flexibility index (Phi) is 3.67. The predicted octanol–water partition coefficient (Wildman–Crippen LogP) is 4.31. The Morgan fingerprint density at radius 3 is 2.67 bits per heavy atom. The van der Waals surface area contributed by atoms with E-state index in [1.54, 1.807) is 0 Å². The number of H-pyrrole nitrogens is 1. The molecule has 0 saturated heterocycles. The Morgan fingerprint density at radius 2 is 1.90 bits per heavy atom. The Labute approximate surface area is 127 Å². The molecule has 3 nitrogen and oxygen atoms in total. The van der Waals surface area contributed by atoms with Gasteiger partial charge in [0.25, 0.3) is 5.91 Å². The van der Waals surface area contributed by atoms with Crippen LogP contribution < -0.4 is 5.32 Å². The second-order valence-corrected chi connectivity index (χ2v) is 5.46. The van der Waals surface area contributed by atoms with Gasteiger partial charge in [0.05, 0.1) is 6.04 Å². The summed E-state index contributed by atoms with van der Waals surface area (Å²) in [6, 6.07) is 17.2. The van der Waals surface area contributed by atoms with Crippen molar-refractivity contribution in [3.63, 3.8) is 0 Å². The summed E-state index contributed by atoms with van der Waals surface area (Å²) >= 11 is 5.95. The van der Waals surface area contributed by atoms with Gasteiger partial charge in [-0.25, -0.2) is 0 Å². The second kappa shape index (κ2) is 5.62. The summed E-state index contributed by atoms with van der Waals surface area (Å²) in [6.07, 6.45) is 0. The molecule has 0 fully saturated rings. The van der Waals surface area contributed by atoms with E-state index in [4.69, 9.17) is 11.6 Å². The zero-order chi connectivity index (χ0) is 14.8. The van der Waals surface area contributed by atoms with Crippen LogP contribution in [-0.2, 0) is 0 Å². The summed E-state index contributed by atoms with van der Waals surface area (Å²) in [5, 5.41) is 4.60. The number of amides is 1. The lowest BCUT2D eigenvalue weighted by Crippen LogP contribution is -2.26. The number of hydrogen-bond donors (Lipinski definition) is 2. The van der Waals surface area contributed by atoms with Crippen LogP contribution in [0.4, 0.5) is 0 Å². The van der Waals surface area contributed by atoms with Gasteiger partial charge in [0.15, 0.2) is 0 Å². The van der Waals surface area contributed by atoms with Crippen molar-refractivity contribution in [2.75, 3.05) is 0 Å². The van der Waals surface area contributed by atoms with Gasteiger partial charge in [-0.2, -0.15) is 0 Å². The average molecular weight is 299 g/mol. The van der Waals surface area contributed by atoms with E-state index in [0.717, 1.165) is 16.5 Å². The van der Waals surface area contributed by atoms with Gasteiger partial charge in [-0.1, -0.05) is 48.0 Å². The summed E-state index contributed by atoms with van der Waals surface area (Å²) < 4.78 is 0. The van der Waals surface area contributed by atoms with Gasteiger partial charge < -0.3 is 10.3 Å². The number of aromatic amines is 1. The summed E-state index contributed by atoms with van der Waals surface area (Å²) in [4.78, 5) is 15.4. The van der Waals surface area contributed by atoms with Crippen LogP contribution in [-0.4, -0.2) is 10.9 Å². The predicted molar refractivity (Wildman–Crippen MR) is 85.6 cm³/mol. The highest BCUT2D eigenvalue weighted by molar-refractivity contribution is 6.31. The highest BCUT2D eigenvalue weighted by atomic mass is 35.5. The minimum Gasteiger partial charge on any atom is -0.350 e. The normalized spacial score (nSPS) is 12.3. The SMILES string of the molecule is CC(NC(=O)c1cc2ccc(Cl)cc2[nH]1)c1ccccc1. The first-order valence-corrected chi connectivity index (χ1v) is 7.15. The Balaban J connectivity index is 1.80. The summed E-state index contributed by atoms with van der Waals surface area (Å²) in [5.74, 6) is -0.126. The zero-order valence-corrected chi connectivity index (χ0v) is 12.3. The molecule has 3 aromatic rings. The largest absolute Gasteiger partial charge is 0.350 e. The maximum atomic E-state index is 12.3. The van der Waals surface area contributed by atoms with E-state index in [1.807, 2.05) is 61.5 Å². The molecule has 4 heteroatoms. The molecule has 0 saturated carbocycles. The van der Waals surface area contributed by atoms with Crippen molar-refractivity contribution in [1.82, 2.24) is 10.3 Å². The number of halogens is 1. The van der Waals surface area contributed by atoms with E-state index in [1.165, 1.54) is 0 Å². The minimum atomic E-state index is -0.126. The highest BCUT2D eigenvalue weighted by Gasteiger charge is 2.13. The monoisotopic (exact) mass is 298 g/mol. The number of carbonyl (C=O) groups excluding carboxylic acids is 1. The third kappa shape index (κ3) is 2.93. The first-order valence-electron chi connectivity index (χ1n) is 6.77. The quantitative estimate of drug-likeness (QED) is 0.743. The van der Waals surface area contributed by atoms with E-state index in [-0.39, 0.29) is 11.9 Å². The third-order valence-corrected chi connectivity index (χ3v) is 3.71. The van der Waals surface area contributed by atoms with Gasteiger partial charge in [-0.15, -0.1) is 0 Å². The van der Waals surface area contributed by atoms with Crippen LogP contribution in [0.5, 0.6) is 0 Å². The molecule has 0 radical (unpaired) electrons. The smallest absolute Gasteiger partial charge is 0.268 e. The first kappa shape index (κ1) is 13.7. The molecular formula is C17H15ClN2O. The Morgan fingerprint density at radius 1 is 1.14 bits per heavy atom. The molecule has 1 amide bonds. The molecule has 0 aliphatic heterocycles. The van der Waals surface area contributed by atoms with E-state index in [2.05, 4.69) is 10.3 Å². The van der Waals surface area contributed by atoms with Gasteiger partial charge in [-0.05, 0) is 30.7 Å². The number of aromatic nitrogens is 1. The average Bonchev–Trinajstić information content (AvgIpc) is 2.91. The standard InChI is InChI=1S/C17H15ClN2O/c1-11(12-5-3-2-4-6-12)19-17(21)16-9-13-7-8-14(18)10-15(13)20-16/h2-11,20H,1H3,(H,19,21). The van der Waals surface area contributed by atoms with Gasteiger partial charge in [0.1, 0.15) is 5.69 Å². The molecule has 0 aliphatic carbocycles. The fraction of sp³-hybridized carbons (Fsp3) is 0.118. The molecule has 1 aromatic heterocycles. The summed E-state index contributed by atoms with van der Waals surface area (Å²) in [6.45, 7) is 1.97. The maximum Gasteiger partial charge on any atom is 0.268 e. The molecule has 21 heavy (non-hydrogen) atoms. The molecule has 1 atom stereocenters. The van der Waals surface area contributed by atoms with E-state index in [0.29, 0.717) is 10.7 Å². The molecule has 0 spiro atoms. The topological polar surface area (TPSA) is 44.9 Å². The molecule has 106 valence electrons. The fourth-order valence-electron chi connectivity index (χ4n) is 2.32. The van der Waals surface area contributed by atoms with Crippen molar-refractivity contribution in [1.29, 1.82) is 0 Å². The van der Waals surface area contributed by atoms with Gasteiger partial charge in [-0.3, -0.25) is 4.79 Å². The fourth-order valence-corrected chi connectivity index (χ4v) is 2.49. The van der Waals surface area contributed by atoms with Gasteiger partial charge in [0.2, 0.25) is 0 Å². The first-order chi connectivity index (χ1) is 10.1. The zero-order valence-electron chi connectivity index (χ0n) is 11.6. The minimum absolute atomic E-state index is 0.0475. The number of fused-ring (bicyclic) bond motifs is 1. The van der Waals surface area contributed by atoms with Gasteiger partial charge >= 0.3 is 0 Å². The molecule has 1 unspecified atom stereocenters. The van der Waals surface area contributed by atoms with Crippen molar-refractivity contribution >= 4 is 28.4 Å². The second-order valence-electron chi connectivity index (χ2n) is 5.02. The molecule has 1 heterocycles. The number of benzene rings is 2. The van der Waals surface area contributed by atoms with Crippen LogP contribution >= 0.6 is 11.6 Å². The van der Waals surface area contributed by atoms with Crippen molar-refractivity contribution in [2.45, 2.75) is 13.0 Å². The highest BCUT2D eigenvalue weighted by Crippen LogP contribution is 2.20. The number of rotatable bonds is 3. The Bertz CT molecular complexity index is 780. The van der Waals surface area contributed by atoms with E-state index < -0.39 is 0 Å². The molecule has 0 aliphatic rings. The molecule has 3 rings (SSSR count). The van der Waals surface area contributed by atoms with Crippen LogP contribution in [0.25, 0.3) is 10.9 Å². The Hall–Kier alpha value is -2.26. The molecule has 2 N–H and O–H groups in total. The molecular weight excluding hydrogens is 284 g/mol. The molecule has 2 aromatic carbocycles. The van der Waals surface area contributed by atoms with Crippen LogP contribution in [0.1, 0.15) is 29.0 Å². The third-order valence-electron chi connectivity index (χ3n) is 3.48. The lowest BCUT2D eigenvalue weighted by molar-refractivity contribution is 0.0935. The van der Waals surface area contributed by atoms with Crippen LogP contribution in [0.15, 0.2) is 54.6 Å². The van der Waals surface area contributed by atoms with Crippen molar-refractivity contribution in [2.24, 2.45) is 0 Å². The number of nitrogens with one attached hydrogen (secondary N) is 2. The molecule has 0 bridgehead atoms. The van der Waals surface area contributed by atoms with E-state index >= 15 is 0 Å². The van der Waals surface area contributed by atoms with E-state index in [9.17, 15) is 4.79 Å². The van der Waals surface area contributed by atoms with Crippen molar-refractivity contribution in [3.8, 4) is 0 Å². The lowest BCUT2D eigenvalue weighted by Gasteiger charge is -2.13. The van der Waals surface area contributed by atoms with Crippen molar-refractivity contribution < 1.29 is 4.79 Å². The number of carbonyl (C=O) groups is 1. The number of hydrogen-bond acceptors (Lipinski definition) is 1. The van der Waals surface area contributed by atoms with Gasteiger partial charge in [0, 0.05) is 15.9 Å². The summed E-state index contributed by atoms with van der Waals surface area (Å²) in [5.41, 5.74) is 2.47. The maximum absolute atomic E-state index is 12.3. The van der Waals surface area contributed by atoms with Crippen LogP contribution in [0.3, 0.4) is 0 Å².